The molecule has 0 aliphatic carbocycles. The number of carbonyl (C=O) groups excluding carboxylic acids is 2. The molecule has 1 aromatic carbocycles. The minimum absolute atomic E-state index is 0.0133. The Morgan fingerprint density at radius 2 is 2.09 bits per heavy atom. The zero-order valence-electron chi connectivity index (χ0n) is 12.3. The first-order valence-electron chi connectivity index (χ1n) is 7.22. The number of aryl methyl sites for hydroxylation is 1. The molecule has 112 valence electrons. The van der Waals surface area contributed by atoms with Crippen LogP contribution in [0.15, 0.2) is 48.8 Å². The van der Waals surface area contributed by atoms with Crippen molar-refractivity contribution in [3.63, 3.8) is 0 Å². The lowest BCUT2D eigenvalue weighted by Crippen LogP contribution is -2.28. The number of hydrogen-bond acceptors (Lipinski definition) is 3. The molecule has 1 fully saturated rings. The monoisotopic (exact) mass is 295 g/mol. The molecular formula is C17H17N3O2. The molecule has 0 bridgehead atoms. The summed E-state index contributed by atoms with van der Waals surface area (Å²) in [5, 5.41) is 2.81. The van der Waals surface area contributed by atoms with E-state index >= 15 is 0 Å². The molecular weight excluding hydrogens is 278 g/mol. The van der Waals surface area contributed by atoms with Gasteiger partial charge in [0.1, 0.15) is 0 Å². The summed E-state index contributed by atoms with van der Waals surface area (Å²) in [6, 6.07) is 11.3. The Hall–Kier alpha value is -2.69. The van der Waals surface area contributed by atoms with Crippen LogP contribution in [-0.2, 0) is 9.59 Å². The summed E-state index contributed by atoms with van der Waals surface area (Å²) in [7, 11) is 0. The van der Waals surface area contributed by atoms with Crippen LogP contribution in [-0.4, -0.2) is 23.3 Å². The van der Waals surface area contributed by atoms with Crippen molar-refractivity contribution in [1.82, 2.24) is 4.98 Å². The van der Waals surface area contributed by atoms with Gasteiger partial charge in [-0.05, 0) is 30.7 Å². The Labute approximate surface area is 129 Å². The van der Waals surface area contributed by atoms with E-state index in [9.17, 15) is 9.59 Å². The van der Waals surface area contributed by atoms with Crippen molar-refractivity contribution in [2.24, 2.45) is 5.92 Å². The molecule has 0 spiro atoms. The molecule has 1 aliphatic heterocycles. The molecule has 22 heavy (non-hydrogen) atoms. The third-order valence-electron chi connectivity index (χ3n) is 3.83. The van der Waals surface area contributed by atoms with Gasteiger partial charge >= 0.3 is 0 Å². The van der Waals surface area contributed by atoms with E-state index in [1.165, 1.54) is 0 Å². The Balaban J connectivity index is 1.72. The highest BCUT2D eigenvalue weighted by atomic mass is 16.2. The van der Waals surface area contributed by atoms with Gasteiger partial charge in [-0.15, -0.1) is 0 Å². The highest BCUT2D eigenvalue weighted by Gasteiger charge is 2.35. The molecule has 1 aromatic heterocycles. The minimum Gasteiger partial charge on any atom is -0.324 e. The molecule has 0 unspecified atom stereocenters. The smallest absolute Gasteiger partial charge is 0.229 e. The van der Waals surface area contributed by atoms with Gasteiger partial charge in [-0.2, -0.15) is 0 Å². The van der Waals surface area contributed by atoms with E-state index < -0.39 is 0 Å². The van der Waals surface area contributed by atoms with E-state index in [2.05, 4.69) is 10.3 Å². The maximum Gasteiger partial charge on any atom is 0.229 e. The predicted octanol–water partition coefficient (Wildman–Crippen LogP) is 2.38. The first-order valence-corrected chi connectivity index (χ1v) is 7.22. The summed E-state index contributed by atoms with van der Waals surface area (Å²) in [5.41, 5.74) is 2.56. The largest absolute Gasteiger partial charge is 0.324 e. The van der Waals surface area contributed by atoms with Gasteiger partial charge in [-0.1, -0.05) is 18.2 Å². The van der Waals surface area contributed by atoms with E-state index in [-0.39, 0.29) is 24.2 Å². The fraction of sp³-hybridized carbons (Fsp3) is 0.235. The van der Waals surface area contributed by atoms with E-state index in [1.807, 2.05) is 31.2 Å². The van der Waals surface area contributed by atoms with E-state index in [0.717, 1.165) is 11.3 Å². The van der Waals surface area contributed by atoms with Crippen LogP contribution in [0.1, 0.15) is 12.0 Å². The third kappa shape index (κ3) is 2.83. The van der Waals surface area contributed by atoms with Gasteiger partial charge in [0.25, 0.3) is 0 Å². The first-order chi connectivity index (χ1) is 10.6. The van der Waals surface area contributed by atoms with Crippen LogP contribution in [0, 0.1) is 12.8 Å². The van der Waals surface area contributed by atoms with Gasteiger partial charge in [0.15, 0.2) is 0 Å². The summed E-state index contributed by atoms with van der Waals surface area (Å²) < 4.78 is 0. The van der Waals surface area contributed by atoms with Gasteiger partial charge in [-0.3, -0.25) is 14.6 Å². The summed E-state index contributed by atoms with van der Waals surface area (Å²) >= 11 is 0. The molecule has 5 heteroatoms. The number of para-hydroxylation sites is 1. The standard InChI is InChI=1S/C17H17N3O2/c1-12-5-2-3-7-15(12)20-11-13(9-16(20)21)17(22)19-14-6-4-8-18-10-14/h2-8,10,13H,9,11H2,1H3,(H,19,22)/t13-/m0/s1. The van der Waals surface area contributed by atoms with Crippen LogP contribution >= 0.6 is 0 Å². The quantitative estimate of drug-likeness (QED) is 0.945. The summed E-state index contributed by atoms with van der Waals surface area (Å²) in [6.45, 7) is 2.38. The fourth-order valence-corrected chi connectivity index (χ4v) is 2.66. The molecule has 2 amide bonds. The van der Waals surface area contributed by atoms with Crippen molar-refractivity contribution in [2.75, 3.05) is 16.8 Å². The van der Waals surface area contributed by atoms with E-state index in [4.69, 9.17) is 0 Å². The first kappa shape index (κ1) is 14.3. The van der Waals surface area contributed by atoms with Crippen molar-refractivity contribution in [2.45, 2.75) is 13.3 Å². The Morgan fingerprint density at radius 3 is 2.82 bits per heavy atom. The van der Waals surface area contributed by atoms with Gasteiger partial charge in [0, 0.05) is 24.8 Å². The normalized spacial score (nSPS) is 17.6. The van der Waals surface area contributed by atoms with E-state index in [0.29, 0.717) is 12.2 Å². The molecule has 3 rings (SSSR count). The topological polar surface area (TPSA) is 62.3 Å². The molecule has 1 aliphatic rings. The minimum atomic E-state index is -0.340. The van der Waals surface area contributed by atoms with Crippen LogP contribution in [0.2, 0.25) is 0 Å². The number of hydrogen-bond donors (Lipinski definition) is 1. The number of benzene rings is 1. The number of amides is 2. The SMILES string of the molecule is Cc1ccccc1N1C[C@@H](C(=O)Nc2cccnc2)CC1=O. The third-order valence-corrected chi connectivity index (χ3v) is 3.83. The fourth-order valence-electron chi connectivity index (χ4n) is 2.66. The van der Waals surface area contributed by atoms with Gasteiger partial charge in [-0.25, -0.2) is 0 Å². The number of anilines is 2. The molecule has 2 aromatic rings. The van der Waals surface area contributed by atoms with Crippen molar-refractivity contribution >= 4 is 23.2 Å². The maximum absolute atomic E-state index is 12.3. The second-order valence-corrected chi connectivity index (χ2v) is 5.42. The Morgan fingerprint density at radius 1 is 1.27 bits per heavy atom. The second kappa shape index (κ2) is 5.97. The number of pyridine rings is 1. The van der Waals surface area contributed by atoms with Gasteiger partial charge in [0.05, 0.1) is 17.8 Å². The van der Waals surface area contributed by atoms with Crippen molar-refractivity contribution in [3.8, 4) is 0 Å². The Bertz CT molecular complexity index is 700. The lowest BCUT2D eigenvalue weighted by Gasteiger charge is -2.18. The number of aromatic nitrogens is 1. The summed E-state index contributed by atoms with van der Waals surface area (Å²) in [6.07, 6.45) is 3.48. The van der Waals surface area contributed by atoms with Crippen LogP contribution in [0.5, 0.6) is 0 Å². The van der Waals surface area contributed by atoms with Crippen molar-refractivity contribution < 1.29 is 9.59 Å². The average Bonchev–Trinajstić information content (AvgIpc) is 2.91. The number of carbonyl (C=O) groups is 2. The molecule has 1 saturated heterocycles. The Kier molecular flexibility index (Phi) is 3.87. The zero-order valence-corrected chi connectivity index (χ0v) is 12.3. The number of nitrogens with zero attached hydrogens (tertiary/aromatic N) is 2. The molecule has 0 radical (unpaired) electrons. The van der Waals surface area contributed by atoms with Crippen LogP contribution in [0.25, 0.3) is 0 Å². The highest BCUT2D eigenvalue weighted by molar-refractivity contribution is 6.03. The number of rotatable bonds is 3. The summed E-state index contributed by atoms with van der Waals surface area (Å²) in [5.74, 6) is -0.495. The van der Waals surface area contributed by atoms with Crippen molar-refractivity contribution in [3.05, 3.63) is 54.4 Å². The zero-order chi connectivity index (χ0) is 15.5. The van der Waals surface area contributed by atoms with E-state index in [1.54, 1.807) is 29.4 Å². The highest BCUT2D eigenvalue weighted by Crippen LogP contribution is 2.28. The number of nitrogens with one attached hydrogen (secondary N) is 1. The van der Waals surface area contributed by atoms with Crippen LogP contribution < -0.4 is 10.2 Å². The lowest BCUT2D eigenvalue weighted by atomic mass is 10.1. The van der Waals surface area contributed by atoms with Crippen molar-refractivity contribution in [1.29, 1.82) is 0 Å². The van der Waals surface area contributed by atoms with Gasteiger partial charge < -0.3 is 10.2 Å². The van der Waals surface area contributed by atoms with Crippen LogP contribution in [0.3, 0.4) is 0 Å². The molecule has 0 saturated carbocycles. The van der Waals surface area contributed by atoms with Gasteiger partial charge in [0.2, 0.25) is 11.8 Å². The van der Waals surface area contributed by atoms with Crippen LogP contribution in [0.4, 0.5) is 11.4 Å². The molecule has 2 heterocycles. The predicted molar refractivity (Wildman–Crippen MR) is 84.5 cm³/mol. The molecule has 1 N–H and O–H groups in total. The lowest BCUT2D eigenvalue weighted by molar-refractivity contribution is -0.122. The maximum atomic E-state index is 12.3. The summed E-state index contributed by atoms with van der Waals surface area (Å²) in [4.78, 5) is 30.2. The molecule has 1 atom stereocenters. The second-order valence-electron chi connectivity index (χ2n) is 5.42. The average molecular weight is 295 g/mol. The molecule has 5 nitrogen and oxygen atoms in total.